The van der Waals surface area contributed by atoms with E-state index in [4.69, 9.17) is 0 Å². The zero-order valence-corrected chi connectivity index (χ0v) is 20.5. The van der Waals surface area contributed by atoms with Crippen molar-refractivity contribution in [3.63, 3.8) is 0 Å². The minimum atomic E-state index is -4.65. The monoisotopic (exact) mass is 515 g/mol. The number of nitriles is 1. The fourth-order valence-electron chi connectivity index (χ4n) is 5.37. The van der Waals surface area contributed by atoms with Crippen LogP contribution in [0.25, 0.3) is 0 Å². The highest BCUT2D eigenvalue weighted by Gasteiger charge is 2.53. The number of amides is 4. The Kier molecular flexibility index (Phi) is 8.05. The molecule has 4 amide bonds. The molecule has 0 aromatic carbocycles. The molecule has 2 bridgehead atoms. The predicted molar refractivity (Wildman–Crippen MR) is 119 cm³/mol. The van der Waals surface area contributed by atoms with Crippen LogP contribution in [0.2, 0.25) is 0 Å². The van der Waals surface area contributed by atoms with Gasteiger partial charge in [0.15, 0.2) is 0 Å². The number of nitrogens with zero attached hydrogens (tertiary/aromatic N) is 2. The first kappa shape index (κ1) is 27.5. The second-order valence-electron chi connectivity index (χ2n) is 10.5. The number of halogens is 3. The Hall–Kier alpha value is -3.04. The van der Waals surface area contributed by atoms with Crippen LogP contribution in [0, 0.1) is 28.6 Å². The van der Waals surface area contributed by atoms with Crippen molar-refractivity contribution in [3.8, 4) is 6.07 Å². The van der Waals surface area contributed by atoms with Crippen LogP contribution >= 0.6 is 0 Å². The van der Waals surface area contributed by atoms with Gasteiger partial charge in [0.05, 0.1) is 19.1 Å². The van der Waals surface area contributed by atoms with Crippen LogP contribution in [0.15, 0.2) is 0 Å². The quantitative estimate of drug-likeness (QED) is 0.485. The van der Waals surface area contributed by atoms with E-state index in [2.05, 4.69) is 20.7 Å². The lowest BCUT2D eigenvalue weighted by molar-refractivity contribution is -0.171. The standard InChI is InChI=1S/C23H32F3N5O5/c1-22(2)6-4-5-14-7-12(18(32)28-14)8-15(10-27)29-19(33)16-9-13(23(24,25)26)11-31(16)20(34)17(22)30-21(35)36-3/h12-17H,4-9,11H2,1-3H3,(H,28,32)(H,29,33)(H,30,35)/t12-,13+,14+,15-,16-,17+/m0/s1. The number of hydrogen-bond acceptors (Lipinski definition) is 6. The summed E-state index contributed by atoms with van der Waals surface area (Å²) in [5.41, 5.74) is -0.917. The summed E-state index contributed by atoms with van der Waals surface area (Å²) in [7, 11) is 1.10. The molecule has 0 radical (unpaired) electrons. The third-order valence-corrected chi connectivity index (χ3v) is 7.48. The van der Waals surface area contributed by atoms with Gasteiger partial charge < -0.3 is 25.6 Å². The summed E-state index contributed by atoms with van der Waals surface area (Å²) in [4.78, 5) is 52.1. The number of ether oxygens (including phenoxy) is 1. The van der Waals surface area contributed by atoms with Crippen molar-refractivity contribution in [2.24, 2.45) is 17.3 Å². The summed E-state index contributed by atoms with van der Waals surface area (Å²) >= 11 is 0. The van der Waals surface area contributed by atoms with Gasteiger partial charge in [-0.2, -0.15) is 18.4 Å². The van der Waals surface area contributed by atoms with E-state index in [1.165, 1.54) is 0 Å². The van der Waals surface area contributed by atoms with Crippen molar-refractivity contribution in [2.75, 3.05) is 13.7 Å². The van der Waals surface area contributed by atoms with Crippen molar-refractivity contribution in [2.45, 2.75) is 82.7 Å². The molecule has 10 nitrogen and oxygen atoms in total. The highest BCUT2D eigenvalue weighted by Crippen LogP contribution is 2.39. The molecule has 3 aliphatic rings. The number of nitrogens with one attached hydrogen (secondary N) is 3. The van der Waals surface area contributed by atoms with Crippen LogP contribution in [-0.2, 0) is 19.1 Å². The van der Waals surface area contributed by atoms with Crippen LogP contribution in [0.4, 0.5) is 18.0 Å². The maximum atomic E-state index is 13.7. The first-order chi connectivity index (χ1) is 16.8. The van der Waals surface area contributed by atoms with Crippen LogP contribution < -0.4 is 16.0 Å². The van der Waals surface area contributed by atoms with Crippen molar-refractivity contribution in [1.29, 1.82) is 5.26 Å². The molecule has 0 saturated carbocycles. The maximum absolute atomic E-state index is 13.7. The normalized spacial score (nSPS) is 33.4. The fraction of sp³-hybridized carbons (Fsp3) is 0.783. The van der Waals surface area contributed by atoms with Gasteiger partial charge >= 0.3 is 12.3 Å². The van der Waals surface area contributed by atoms with Gasteiger partial charge in [-0.25, -0.2) is 4.79 Å². The van der Waals surface area contributed by atoms with E-state index < -0.39 is 72.4 Å². The molecule has 0 aromatic rings. The summed E-state index contributed by atoms with van der Waals surface area (Å²) in [6, 6.07) is -2.11. The molecule has 0 unspecified atom stereocenters. The second kappa shape index (κ2) is 10.5. The van der Waals surface area contributed by atoms with Gasteiger partial charge in [0.2, 0.25) is 17.7 Å². The molecule has 3 fully saturated rings. The molecule has 0 spiro atoms. The Morgan fingerprint density at radius 3 is 2.47 bits per heavy atom. The zero-order valence-electron chi connectivity index (χ0n) is 20.5. The Morgan fingerprint density at radius 1 is 1.17 bits per heavy atom. The van der Waals surface area contributed by atoms with E-state index in [9.17, 15) is 37.6 Å². The van der Waals surface area contributed by atoms with E-state index in [1.54, 1.807) is 13.8 Å². The summed E-state index contributed by atoms with van der Waals surface area (Å²) in [5.74, 6) is -4.42. The molecule has 0 aromatic heterocycles. The van der Waals surface area contributed by atoms with Crippen molar-refractivity contribution in [1.82, 2.24) is 20.9 Å². The number of carbonyl (C=O) groups excluding carboxylic acids is 4. The summed E-state index contributed by atoms with van der Waals surface area (Å²) in [6.45, 7) is 2.66. The van der Waals surface area contributed by atoms with E-state index in [-0.39, 0.29) is 18.4 Å². The molecular formula is C23H32F3N5O5. The van der Waals surface area contributed by atoms with Gasteiger partial charge in [0.25, 0.3) is 0 Å². The average Bonchev–Trinajstić information content (AvgIpc) is 3.39. The molecule has 6 atom stereocenters. The zero-order chi connectivity index (χ0) is 26.8. The van der Waals surface area contributed by atoms with Crippen LogP contribution in [0.3, 0.4) is 0 Å². The van der Waals surface area contributed by atoms with E-state index in [0.29, 0.717) is 25.7 Å². The second-order valence-corrected chi connectivity index (χ2v) is 10.5. The number of rotatable bonds is 1. The van der Waals surface area contributed by atoms with Crippen molar-refractivity contribution >= 4 is 23.8 Å². The van der Waals surface area contributed by atoms with Gasteiger partial charge in [-0.1, -0.05) is 20.3 Å². The minimum Gasteiger partial charge on any atom is -0.453 e. The maximum Gasteiger partial charge on any atom is 0.407 e. The Morgan fingerprint density at radius 2 is 1.86 bits per heavy atom. The first-order valence-corrected chi connectivity index (χ1v) is 12.0. The van der Waals surface area contributed by atoms with E-state index in [1.807, 2.05) is 6.07 Å². The number of fused-ring (bicyclic) bond motifs is 3. The summed E-state index contributed by atoms with van der Waals surface area (Å²) in [6.07, 6.45) is -4.23. The molecule has 13 heteroatoms. The van der Waals surface area contributed by atoms with Crippen LogP contribution in [0.5, 0.6) is 0 Å². The van der Waals surface area contributed by atoms with Gasteiger partial charge in [-0.3, -0.25) is 14.4 Å². The molecule has 3 saturated heterocycles. The van der Waals surface area contributed by atoms with Crippen LogP contribution in [0.1, 0.15) is 52.4 Å². The molecule has 36 heavy (non-hydrogen) atoms. The summed E-state index contributed by atoms with van der Waals surface area (Å²) in [5, 5.41) is 17.3. The lowest BCUT2D eigenvalue weighted by Crippen LogP contribution is -2.58. The Balaban J connectivity index is 2.00. The molecule has 3 aliphatic heterocycles. The first-order valence-electron chi connectivity index (χ1n) is 12.0. The van der Waals surface area contributed by atoms with E-state index >= 15 is 0 Å². The lowest BCUT2D eigenvalue weighted by atomic mass is 9.78. The molecule has 3 N–H and O–H groups in total. The van der Waals surface area contributed by atoms with Crippen LogP contribution in [-0.4, -0.2) is 72.7 Å². The van der Waals surface area contributed by atoms with Crippen molar-refractivity contribution < 1.29 is 37.1 Å². The Labute approximate surface area is 207 Å². The topological polar surface area (TPSA) is 141 Å². The SMILES string of the molecule is COC(=O)N[C@@H]1C(=O)N2C[C@H](C(F)(F)F)C[C@H]2C(=O)N[C@H](C#N)C[C@@H]2C[C@@H](CCCC1(C)C)NC2=O. The van der Waals surface area contributed by atoms with Gasteiger partial charge in [-0.05, 0) is 37.5 Å². The number of methoxy groups -OCH3 is 1. The third-order valence-electron chi connectivity index (χ3n) is 7.48. The molecule has 3 rings (SSSR count). The number of hydrogen-bond donors (Lipinski definition) is 3. The number of alkyl halides is 3. The summed E-state index contributed by atoms with van der Waals surface area (Å²) < 4.78 is 45.6. The smallest absolute Gasteiger partial charge is 0.407 e. The van der Waals surface area contributed by atoms with E-state index in [0.717, 1.165) is 12.0 Å². The molecule has 3 heterocycles. The van der Waals surface area contributed by atoms with Gasteiger partial charge in [-0.15, -0.1) is 0 Å². The largest absolute Gasteiger partial charge is 0.453 e. The third kappa shape index (κ3) is 6.02. The molecule has 0 aliphatic carbocycles. The lowest BCUT2D eigenvalue weighted by Gasteiger charge is -2.37. The average molecular weight is 516 g/mol. The molecular weight excluding hydrogens is 483 g/mol. The highest BCUT2D eigenvalue weighted by molar-refractivity contribution is 5.92. The predicted octanol–water partition coefficient (Wildman–Crippen LogP) is 1.60. The minimum absolute atomic E-state index is 0.0198. The Bertz CT molecular complexity index is 934. The van der Waals surface area contributed by atoms with Gasteiger partial charge in [0.1, 0.15) is 18.1 Å². The fourth-order valence-corrected chi connectivity index (χ4v) is 5.37. The number of alkyl carbamates (subject to hydrolysis) is 1. The number of carbonyl (C=O) groups is 4. The molecule has 200 valence electrons. The highest BCUT2D eigenvalue weighted by atomic mass is 19.4. The van der Waals surface area contributed by atoms with Crippen molar-refractivity contribution in [3.05, 3.63) is 0 Å². The van der Waals surface area contributed by atoms with Gasteiger partial charge in [0, 0.05) is 18.5 Å².